The standard InChI is InChI=1S/C19H17FN4O2S/c1-12-13(5-4-8-17(12)24(25)26)11-27-19-22-21-18(23(19)14-9-10-14)15-6-2-3-7-16(15)20/h2-8,14H,9-11H2,1H3. The molecule has 2 aromatic carbocycles. The van der Waals surface area contributed by atoms with E-state index in [4.69, 9.17) is 0 Å². The predicted molar refractivity (Wildman–Crippen MR) is 101 cm³/mol. The smallest absolute Gasteiger partial charge is 0.272 e. The van der Waals surface area contributed by atoms with Crippen molar-refractivity contribution in [3.05, 3.63) is 69.5 Å². The van der Waals surface area contributed by atoms with Crippen LogP contribution < -0.4 is 0 Å². The topological polar surface area (TPSA) is 73.8 Å². The Balaban J connectivity index is 1.64. The molecule has 1 heterocycles. The fourth-order valence-electron chi connectivity index (χ4n) is 3.03. The summed E-state index contributed by atoms with van der Waals surface area (Å²) in [5.41, 5.74) is 2.09. The van der Waals surface area contributed by atoms with Gasteiger partial charge in [-0.25, -0.2) is 4.39 Å². The average molecular weight is 384 g/mol. The van der Waals surface area contributed by atoms with Crippen LogP contribution in [0.2, 0.25) is 0 Å². The van der Waals surface area contributed by atoms with E-state index in [0.29, 0.717) is 27.9 Å². The second-order valence-corrected chi connectivity index (χ2v) is 7.44. The molecule has 1 fully saturated rings. The third-order valence-corrected chi connectivity index (χ3v) is 5.65. The van der Waals surface area contributed by atoms with Gasteiger partial charge in [-0.15, -0.1) is 10.2 Å². The lowest BCUT2D eigenvalue weighted by atomic mass is 10.1. The van der Waals surface area contributed by atoms with Gasteiger partial charge in [0, 0.05) is 23.4 Å². The highest BCUT2D eigenvalue weighted by Gasteiger charge is 2.31. The first-order valence-electron chi connectivity index (χ1n) is 8.61. The normalized spacial score (nSPS) is 13.7. The molecular weight excluding hydrogens is 367 g/mol. The van der Waals surface area contributed by atoms with Crippen LogP contribution in [0.25, 0.3) is 11.4 Å². The summed E-state index contributed by atoms with van der Waals surface area (Å²) in [6.45, 7) is 1.75. The van der Waals surface area contributed by atoms with Crippen molar-refractivity contribution in [2.45, 2.75) is 36.7 Å². The summed E-state index contributed by atoms with van der Waals surface area (Å²) in [5.74, 6) is 0.752. The van der Waals surface area contributed by atoms with Gasteiger partial charge in [-0.1, -0.05) is 36.0 Å². The molecule has 6 nitrogen and oxygen atoms in total. The van der Waals surface area contributed by atoms with Crippen molar-refractivity contribution in [1.82, 2.24) is 14.8 Å². The van der Waals surface area contributed by atoms with Gasteiger partial charge in [0.15, 0.2) is 11.0 Å². The number of hydrogen-bond acceptors (Lipinski definition) is 5. The number of thioether (sulfide) groups is 1. The third-order valence-electron chi connectivity index (χ3n) is 4.66. The first-order chi connectivity index (χ1) is 13.1. The van der Waals surface area contributed by atoms with E-state index in [1.165, 1.54) is 23.9 Å². The molecule has 1 aliphatic carbocycles. The number of benzene rings is 2. The molecular formula is C19H17FN4O2S. The third kappa shape index (κ3) is 3.44. The highest BCUT2D eigenvalue weighted by Crippen LogP contribution is 2.42. The van der Waals surface area contributed by atoms with Crippen LogP contribution in [0, 0.1) is 22.9 Å². The molecule has 4 rings (SSSR count). The largest absolute Gasteiger partial charge is 0.299 e. The van der Waals surface area contributed by atoms with Crippen LogP contribution in [-0.4, -0.2) is 19.7 Å². The molecule has 138 valence electrons. The molecule has 0 spiro atoms. The summed E-state index contributed by atoms with van der Waals surface area (Å²) in [4.78, 5) is 10.8. The highest BCUT2D eigenvalue weighted by atomic mass is 32.2. The number of nitrogens with zero attached hydrogens (tertiary/aromatic N) is 4. The minimum absolute atomic E-state index is 0.115. The van der Waals surface area contributed by atoms with Gasteiger partial charge >= 0.3 is 0 Å². The van der Waals surface area contributed by atoms with Crippen molar-refractivity contribution in [3.63, 3.8) is 0 Å². The maximum atomic E-state index is 14.2. The Kier molecular flexibility index (Phi) is 4.65. The van der Waals surface area contributed by atoms with Gasteiger partial charge < -0.3 is 0 Å². The van der Waals surface area contributed by atoms with Crippen LogP contribution in [0.4, 0.5) is 10.1 Å². The fraction of sp³-hybridized carbons (Fsp3) is 0.263. The van der Waals surface area contributed by atoms with E-state index in [-0.39, 0.29) is 22.5 Å². The van der Waals surface area contributed by atoms with Gasteiger partial charge in [-0.05, 0) is 37.5 Å². The van der Waals surface area contributed by atoms with Crippen LogP contribution in [-0.2, 0) is 5.75 Å². The molecule has 0 saturated heterocycles. The van der Waals surface area contributed by atoms with Gasteiger partial charge in [0.25, 0.3) is 5.69 Å². The second kappa shape index (κ2) is 7.11. The van der Waals surface area contributed by atoms with Crippen LogP contribution in [0.3, 0.4) is 0 Å². The van der Waals surface area contributed by atoms with E-state index in [1.54, 1.807) is 31.2 Å². The molecule has 0 aliphatic heterocycles. The quantitative estimate of drug-likeness (QED) is 0.342. The van der Waals surface area contributed by atoms with Gasteiger partial charge in [0.2, 0.25) is 0 Å². The number of halogens is 1. The lowest BCUT2D eigenvalue weighted by Gasteiger charge is -2.10. The summed E-state index contributed by atoms with van der Waals surface area (Å²) in [6, 6.07) is 11.9. The van der Waals surface area contributed by atoms with Crippen LogP contribution in [0.1, 0.15) is 30.0 Å². The molecule has 0 unspecified atom stereocenters. The van der Waals surface area contributed by atoms with Gasteiger partial charge in [0.1, 0.15) is 5.82 Å². The zero-order valence-corrected chi connectivity index (χ0v) is 15.4. The van der Waals surface area contributed by atoms with E-state index < -0.39 is 0 Å². The van der Waals surface area contributed by atoms with Crippen molar-refractivity contribution >= 4 is 17.4 Å². The fourth-order valence-corrected chi connectivity index (χ4v) is 4.10. The van der Waals surface area contributed by atoms with Crippen molar-refractivity contribution < 1.29 is 9.31 Å². The Morgan fingerprint density at radius 1 is 1.22 bits per heavy atom. The Morgan fingerprint density at radius 2 is 2.00 bits per heavy atom. The minimum atomic E-state index is -0.369. The Labute approximate surface area is 159 Å². The summed E-state index contributed by atoms with van der Waals surface area (Å²) in [6.07, 6.45) is 2.03. The summed E-state index contributed by atoms with van der Waals surface area (Å²) in [7, 11) is 0. The summed E-state index contributed by atoms with van der Waals surface area (Å²) >= 11 is 1.47. The van der Waals surface area contributed by atoms with E-state index in [0.717, 1.165) is 18.4 Å². The lowest BCUT2D eigenvalue weighted by molar-refractivity contribution is -0.385. The SMILES string of the molecule is Cc1c(CSc2nnc(-c3ccccc3F)n2C2CC2)cccc1[N+](=O)[O-]. The number of nitro benzene ring substituents is 1. The Bertz CT molecular complexity index is 1020. The first kappa shape index (κ1) is 17.7. The molecule has 0 amide bonds. The van der Waals surface area contributed by atoms with Crippen LogP contribution >= 0.6 is 11.8 Å². The summed E-state index contributed by atoms with van der Waals surface area (Å²) in [5, 5.41) is 20.3. The zero-order chi connectivity index (χ0) is 19.0. The van der Waals surface area contributed by atoms with E-state index >= 15 is 0 Å². The average Bonchev–Trinajstić information content (AvgIpc) is 3.41. The molecule has 3 aromatic rings. The second-order valence-electron chi connectivity index (χ2n) is 6.49. The molecule has 0 N–H and O–H groups in total. The maximum Gasteiger partial charge on any atom is 0.272 e. The molecule has 8 heteroatoms. The van der Waals surface area contributed by atoms with Crippen molar-refractivity contribution in [3.8, 4) is 11.4 Å². The monoisotopic (exact) mass is 384 g/mol. The van der Waals surface area contributed by atoms with Crippen molar-refractivity contribution in [2.24, 2.45) is 0 Å². The van der Waals surface area contributed by atoms with Crippen molar-refractivity contribution in [1.29, 1.82) is 0 Å². The van der Waals surface area contributed by atoms with Crippen LogP contribution in [0.5, 0.6) is 0 Å². The molecule has 0 bridgehead atoms. The molecule has 27 heavy (non-hydrogen) atoms. The number of rotatable bonds is 6. The number of aromatic nitrogens is 3. The van der Waals surface area contributed by atoms with E-state index in [9.17, 15) is 14.5 Å². The van der Waals surface area contributed by atoms with E-state index in [2.05, 4.69) is 10.2 Å². The van der Waals surface area contributed by atoms with Gasteiger partial charge in [-0.2, -0.15) is 0 Å². The molecule has 1 saturated carbocycles. The Hall–Kier alpha value is -2.74. The molecule has 1 aliphatic rings. The number of nitro groups is 1. The molecule has 0 radical (unpaired) electrons. The lowest BCUT2D eigenvalue weighted by Crippen LogP contribution is -2.01. The van der Waals surface area contributed by atoms with Gasteiger partial charge in [-0.3, -0.25) is 14.7 Å². The Morgan fingerprint density at radius 3 is 2.70 bits per heavy atom. The van der Waals surface area contributed by atoms with E-state index in [1.807, 2.05) is 10.6 Å². The minimum Gasteiger partial charge on any atom is -0.299 e. The molecule has 0 atom stereocenters. The number of hydrogen-bond donors (Lipinski definition) is 0. The highest BCUT2D eigenvalue weighted by molar-refractivity contribution is 7.98. The first-order valence-corrected chi connectivity index (χ1v) is 9.60. The van der Waals surface area contributed by atoms with Crippen molar-refractivity contribution in [2.75, 3.05) is 0 Å². The predicted octanol–water partition coefficient (Wildman–Crippen LogP) is 4.93. The summed E-state index contributed by atoms with van der Waals surface area (Å²) < 4.78 is 16.2. The molecule has 1 aromatic heterocycles. The maximum absolute atomic E-state index is 14.2. The van der Waals surface area contributed by atoms with Crippen LogP contribution in [0.15, 0.2) is 47.6 Å². The van der Waals surface area contributed by atoms with Gasteiger partial charge in [0.05, 0.1) is 10.5 Å². The zero-order valence-electron chi connectivity index (χ0n) is 14.6.